The van der Waals surface area contributed by atoms with Crippen molar-refractivity contribution in [3.05, 3.63) is 0 Å². The first-order chi connectivity index (χ1) is 49.5. The van der Waals surface area contributed by atoms with Gasteiger partial charge in [-0.15, -0.1) is 0 Å². The third-order valence-electron chi connectivity index (χ3n) is 19.5. The Bertz CT molecular complexity index is 1940. The molecular formula is C83H162O17P2. The van der Waals surface area contributed by atoms with E-state index in [1.807, 2.05) is 0 Å². The van der Waals surface area contributed by atoms with E-state index in [1.54, 1.807) is 0 Å². The lowest BCUT2D eigenvalue weighted by Gasteiger charge is -2.21. The molecule has 0 aromatic rings. The average Bonchev–Trinajstić information content (AvgIpc) is 0.919. The molecule has 0 radical (unpaired) electrons. The van der Waals surface area contributed by atoms with Crippen molar-refractivity contribution in [1.29, 1.82) is 0 Å². The maximum Gasteiger partial charge on any atom is 0.472 e. The van der Waals surface area contributed by atoms with Gasteiger partial charge in [0.05, 0.1) is 26.4 Å². The zero-order valence-corrected chi connectivity index (χ0v) is 68.5. The maximum atomic E-state index is 13.1. The number of hydrogen-bond acceptors (Lipinski definition) is 15. The zero-order valence-electron chi connectivity index (χ0n) is 66.8. The molecular weight excluding hydrogens is 1330 g/mol. The Kier molecular flexibility index (Phi) is 74.4. The quantitative estimate of drug-likeness (QED) is 0.0222. The molecule has 0 saturated heterocycles. The van der Waals surface area contributed by atoms with Crippen LogP contribution in [0, 0.1) is 5.92 Å². The lowest BCUT2D eigenvalue weighted by molar-refractivity contribution is -0.161. The first-order valence-corrected chi connectivity index (χ1v) is 46.1. The van der Waals surface area contributed by atoms with Crippen LogP contribution in [0.1, 0.15) is 446 Å². The molecule has 5 atom stereocenters. The maximum absolute atomic E-state index is 13.1. The minimum atomic E-state index is -4.96. The number of esters is 4. The Labute approximate surface area is 626 Å². The molecule has 0 spiro atoms. The largest absolute Gasteiger partial charge is 0.472 e. The van der Waals surface area contributed by atoms with Crippen LogP contribution in [-0.4, -0.2) is 96.7 Å². The lowest BCUT2D eigenvalue weighted by atomic mass is 10.0. The smallest absolute Gasteiger partial charge is 0.462 e. The summed E-state index contributed by atoms with van der Waals surface area (Å²) in [6, 6.07) is 0. The highest BCUT2D eigenvalue weighted by Crippen LogP contribution is 2.45. The Morgan fingerprint density at radius 2 is 0.451 bits per heavy atom. The Morgan fingerprint density at radius 3 is 0.667 bits per heavy atom. The Hall–Kier alpha value is -1.94. The van der Waals surface area contributed by atoms with Gasteiger partial charge in [-0.2, -0.15) is 0 Å². The molecule has 2 unspecified atom stereocenters. The van der Waals surface area contributed by atoms with Gasteiger partial charge in [0.2, 0.25) is 0 Å². The number of aliphatic hydroxyl groups is 1. The number of rotatable bonds is 83. The summed E-state index contributed by atoms with van der Waals surface area (Å²) in [5.74, 6) is -1.29. The first-order valence-electron chi connectivity index (χ1n) is 43.1. The molecule has 0 heterocycles. The minimum absolute atomic E-state index is 0.108. The van der Waals surface area contributed by atoms with E-state index < -0.39 is 97.5 Å². The van der Waals surface area contributed by atoms with Gasteiger partial charge in [-0.05, 0) is 31.6 Å². The van der Waals surface area contributed by atoms with Gasteiger partial charge >= 0.3 is 39.5 Å². The fraction of sp³-hybridized carbons (Fsp3) is 0.952. The molecule has 0 amide bonds. The molecule has 0 saturated carbocycles. The third-order valence-corrected chi connectivity index (χ3v) is 21.4. The van der Waals surface area contributed by atoms with Gasteiger partial charge in [-0.1, -0.05) is 394 Å². The highest BCUT2D eigenvalue weighted by atomic mass is 31.2. The summed E-state index contributed by atoms with van der Waals surface area (Å²) in [6.07, 6.45) is 68.2. The highest BCUT2D eigenvalue weighted by molar-refractivity contribution is 7.47. The molecule has 3 N–H and O–H groups in total. The molecule has 0 aromatic carbocycles. The predicted octanol–water partition coefficient (Wildman–Crippen LogP) is 25.2. The summed E-state index contributed by atoms with van der Waals surface area (Å²) in [6.45, 7) is 7.34. The van der Waals surface area contributed by atoms with Gasteiger partial charge in [-0.3, -0.25) is 37.3 Å². The van der Waals surface area contributed by atoms with Crippen LogP contribution in [0.2, 0.25) is 0 Å². The second-order valence-corrected chi connectivity index (χ2v) is 33.3. The van der Waals surface area contributed by atoms with Crippen molar-refractivity contribution in [2.24, 2.45) is 5.92 Å². The summed E-state index contributed by atoms with van der Waals surface area (Å²) in [5, 5.41) is 10.6. The standard InChI is InChI=1S/C83H162O17P2/c1-6-9-12-15-18-21-23-25-26-27-28-29-30-34-37-40-44-47-52-57-62-67-81(86)94-73-79(100-83(88)69-64-59-54-49-45-41-38-35-32-31-33-36-39-42-46-50-55-60-65-76(4)5)75-98-102(91,92)96-71-77(84)70-95-101(89,90)97-74-78(72-93-80(85)66-61-56-51-20-17-14-11-8-3)99-82(87)68-63-58-53-48-43-24-22-19-16-13-10-7-2/h76-79,84H,6-75H2,1-5H3,(H,89,90)(H,91,92)/t77-,78+,79+/m0/s1. The van der Waals surface area contributed by atoms with Crippen LogP contribution < -0.4 is 0 Å². The summed E-state index contributed by atoms with van der Waals surface area (Å²) < 4.78 is 68.7. The van der Waals surface area contributed by atoms with Crippen molar-refractivity contribution in [2.75, 3.05) is 39.6 Å². The summed E-state index contributed by atoms with van der Waals surface area (Å²) in [7, 11) is -9.91. The van der Waals surface area contributed by atoms with Crippen LogP contribution in [0.5, 0.6) is 0 Å². The van der Waals surface area contributed by atoms with E-state index in [0.717, 1.165) is 102 Å². The van der Waals surface area contributed by atoms with Crippen molar-refractivity contribution in [3.63, 3.8) is 0 Å². The molecule has 0 aliphatic heterocycles. The molecule has 0 rings (SSSR count). The topological polar surface area (TPSA) is 237 Å². The predicted molar refractivity (Wildman–Crippen MR) is 418 cm³/mol. The molecule has 0 aromatic heterocycles. The van der Waals surface area contributed by atoms with Crippen LogP contribution >= 0.6 is 15.6 Å². The van der Waals surface area contributed by atoms with Crippen LogP contribution in [0.25, 0.3) is 0 Å². The third kappa shape index (κ3) is 76.3. The molecule has 17 nitrogen and oxygen atoms in total. The molecule has 0 bridgehead atoms. The van der Waals surface area contributed by atoms with Gasteiger partial charge in [0.1, 0.15) is 19.3 Å². The van der Waals surface area contributed by atoms with Crippen LogP contribution in [0.4, 0.5) is 0 Å². The number of aliphatic hydroxyl groups excluding tert-OH is 1. The molecule has 102 heavy (non-hydrogen) atoms. The number of ether oxygens (including phenoxy) is 4. The van der Waals surface area contributed by atoms with Gasteiger partial charge in [0.25, 0.3) is 0 Å². The van der Waals surface area contributed by atoms with E-state index in [4.69, 9.17) is 37.0 Å². The van der Waals surface area contributed by atoms with Crippen LogP contribution in [-0.2, 0) is 65.4 Å². The summed E-state index contributed by atoms with van der Waals surface area (Å²) in [4.78, 5) is 72.9. The number of carbonyl (C=O) groups excluding carboxylic acids is 4. The molecule has 19 heteroatoms. The van der Waals surface area contributed by atoms with Gasteiger partial charge in [0, 0.05) is 25.7 Å². The first kappa shape index (κ1) is 100. The van der Waals surface area contributed by atoms with Crippen LogP contribution in [0.3, 0.4) is 0 Å². The summed E-state index contributed by atoms with van der Waals surface area (Å²) >= 11 is 0. The Morgan fingerprint density at radius 1 is 0.265 bits per heavy atom. The lowest BCUT2D eigenvalue weighted by Crippen LogP contribution is -2.30. The molecule has 0 aliphatic rings. The van der Waals surface area contributed by atoms with Gasteiger partial charge < -0.3 is 33.8 Å². The highest BCUT2D eigenvalue weighted by Gasteiger charge is 2.30. The second-order valence-electron chi connectivity index (χ2n) is 30.3. The average molecular weight is 1490 g/mol. The molecule has 0 fully saturated rings. The molecule has 0 aliphatic carbocycles. The number of hydrogen-bond donors (Lipinski definition) is 3. The van der Waals surface area contributed by atoms with E-state index in [1.165, 1.54) is 263 Å². The van der Waals surface area contributed by atoms with E-state index in [9.17, 15) is 43.2 Å². The fourth-order valence-corrected chi connectivity index (χ4v) is 14.5. The second kappa shape index (κ2) is 75.9. The fourth-order valence-electron chi connectivity index (χ4n) is 12.9. The molecule has 606 valence electrons. The van der Waals surface area contributed by atoms with E-state index in [2.05, 4.69) is 34.6 Å². The summed E-state index contributed by atoms with van der Waals surface area (Å²) in [5.41, 5.74) is 0. The van der Waals surface area contributed by atoms with Gasteiger partial charge in [0.15, 0.2) is 12.2 Å². The van der Waals surface area contributed by atoms with Gasteiger partial charge in [-0.25, -0.2) is 9.13 Å². The number of phosphoric ester groups is 2. The van der Waals surface area contributed by atoms with E-state index in [0.29, 0.717) is 25.7 Å². The normalized spacial score (nSPS) is 13.8. The minimum Gasteiger partial charge on any atom is -0.462 e. The number of phosphoric acid groups is 2. The zero-order chi connectivity index (χ0) is 74.8. The van der Waals surface area contributed by atoms with E-state index in [-0.39, 0.29) is 25.7 Å². The van der Waals surface area contributed by atoms with Crippen molar-refractivity contribution >= 4 is 39.5 Å². The van der Waals surface area contributed by atoms with Crippen molar-refractivity contribution in [3.8, 4) is 0 Å². The monoisotopic (exact) mass is 1490 g/mol. The number of unbranched alkanes of at least 4 members (excludes halogenated alkanes) is 55. The van der Waals surface area contributed by atoms with Crippen molar-refractivity contribution in [1.82, 2.24) is 0 Å². The Balaban J connectivity index is 5.16. The SMILES string of the molecule is CCCCCCCCCCCCCCCCCCCCCCCC(=O)OC[C@H](COP(=O)(O)OC[C@@H](O)COP(=O)(O)OC[C@@H](COC(=O)CCCCCCCCCC)OC(=O)CCCCCCCCCCCCCC)OC(=O)CCCCCCCCCCCCCCCCCCCCC(C)C. The van der Waals surface area contributed by atoms with Crippen molar-refractivity contribution < 1.29 is 80.2 Å². The van der Waals surface area contributed by atoms with Crippen LogP contribution in [0.15, 0.2) is 0 Å². The van der Waals surface area contributed by atoms with Crippen molar-refractivity contribution in [2.45, 2.75) is 464 Å². The number of carbonyl (C=O) groups is 4. The van der Waals surface area contributed by atoms with E-state index >= 15 is 0 Å².